The van der Waals surface area contributed by atoms with Crippen molar-refractivity contribution in [3.05, 3.63) is 173 Å². The largest absolute Gasteiger partial charge is 0.394 e. The number of hydrogen-bond donors (Lipinski definition) is 18. The fourth-order valence-corrected chi connectivity index (χ4v) is 18.2. The molecule has 5 aromatic carbocycles. The molecular formula is C92H120ClN19O17S2. The second-order valence-electron chi connectivity index (χ2n) is 33.6. The van der Waals surface area contributed by atoms with Gasteiger partial charge in [0.25, 0.3) is 0 Å². The van der Waals surface area contributed by atoms with E-state index in [-0.39, 0.29) is 106 Å². The van der Waals surface area contributed by atoms with Gasteiger partial charge in [-0.3, -0.25) is 77.4 Å². The van der Waals surface area contributed by atoms with Gasteiger partial charge in [0.2, 0.25) is 82.7 Å². The standard InChI is InChI=1S/C92H120ClN19O17S2/c1-53(2)43-69(82(119)103-68(19-11-12-38-96-54(3)4)90(127)112-41-14-20-77(112)89(126)99-55(5)80(94)117)104-84(121)72(46-59-27-34-66(35-28-59)102-91(128)98-40-39-97-78(115)21-10-9-18-67-36-42-130-131-67)106-86(123)73(47-58-25-32-65(33-26-58)101-81(118)75-50-79(116)111-92(129)110-75)108-88(125)76(52-113)109-87(124)74(49-61-15-13-37-95-51-61)107-85(122)71(45-57-23-30-64(93)31-24-57)105-83(120)70(100-56(6)114)48-60-22-29-62-16-7-8-17-63(62)44-60/h7-8,13,15-17,22-35,37,44,51,53-55,67-77,96,113H,9-12,14,18-21,36,38-43,45-50,52H2,1-6H3,(H2,94,117)(H,97,115)(H,99,126)(H,100,114)(H,101,118)(H,103,119)(H,104,121)(H,105,120)(H,106,123)(H,107,122)(H,108,125)(H,109,124)(H2,98,102,128)(H2,110,111,116,129)/t55-,67?,68+,69+,70-,71-,72-,73+,74-,75?,76+,77+/m1/s1. The number of aliphatic hydroxyl groups is 1. The zero-order valence-electron chi connectivity index (χ0n) is 74.3. The Morgan fingerprint density at radius 1 is 0.550 bits per heavy atom. The van der Waals surface area contributed by atoms with E-state index in [9.17, 15) is 53.1 Å². The van der Waals surface area contributed by atoms with Crippen molar-refractivity contribution in [2.24, 2.45) is 11.7 Å². The molecule has 0 radical (unpaired) electrons. The van der Waals surface area contributed by atoms with Crippen molar-refractivity contribution in [2.45, 2.75) is 228 Å². The SMILES string of the molecule is CC(=O)N[C@H](Cc1ccc2ccccc2c1)C(=O)N[C@H](Cc1ccc(Cl)cc1)C(=O)N[C@H](Cc1cccnc1)C(=O)N[C@@H](CO)C(=O)N[C@@H](Cc1ccc(NC(=O)C2CC(=O)NC(=O)N2)cc1)C(=O)N[C@H](Cc1ccc(NC(=O)NCCNC(=O)CCCCC2CCSS2)cc1)C(=O)N[C@@H](CC(C)C)C(=O)N[C@@H](CCCCNC(C)C)C(=O)N1CCC[C@H]1C(=O)N[C@H](C)C(N)=O. The Hall–Kier alpha value is -12.3. The number of likely N-dealkylation sites (tertiary alicyclic amines) is 1. The van der Waals surface area contributed by atoms with Crippen LogP contribution in [0.5, 0.6) is 0 Å². The first kappa shape index (κ1) is 102. The predicted octanol–water partition coefficient (Wildman–Crippen LogP) is 3.98. The van der Waals surface area contributed by atoms with E-state index < -0.39 is 168 Å². The maximum Gasteiger partial charge on any atom is 0.322 e. The van der Waals surface area contributed by atoms with Gasteiger partial charge in [-0.1, -0.05) is 152 Å². The molecule has 0 saturated carbocycles. The van der Waals surface area contributed by atoms with Gasteiger partial charge in [-0.25, -0.2) is 9.59 Å². The highest BCUT2D eigenvalue weighted by Gasteiger charge is 2.41. The Morgan fingerprint density at radius 3 is 1.64 bits per heavy atom. The monoisotopic (exact) mass is 1860 g/mol. The van der Waals surface area contributed by atoms with Crippen LogP contribution in [0.4, 0.5) is 21.0 Å². The summed E-state index contributed by atoms with van der Waals surface area (Å²) < 4.78 is 0. The summed E-state index contributed by atoms with van der Waals surface area (Å²) >= 11 is 6.30. The van der Waals surface area contributed by atoms with Crippen LogP contribution in [0.2, 0.25) is 5.02 Å². The zero-order chi connectivity index (χ0) is 94.6. The number of halogens is 1. The number of rotatable bonds is 49. The van der Waals surface area contributed by atoms with Crippen molar-refractivity contribution in [1.29, 1.82) is 0 Å². The van der Waals surface area contributed by atoms with Crippen LogP contribution >= 0.6 is 33.2 Å². The summed E-state index contributed by atoms with van der Waals surface area (Å²) in [4.78, 5) is 229. The van der Waals surface area contributed by atoms with E-state index in [1.165, 1.54) is 67.5 Å². The van der Waals surface area contributed by atoms with Crippen LogP contribution in [-0.4, -0.2) is 226 Å². The molecule has 9 rings (SSSR count). The van der Waals surface area contributed by atoms with Crippen LogP contribution in [0, 0.1) is 5.92 Å². The normalized spacial score (nSPS) is 16.8. The molecule has 704 valence electrons. The maximum atomic E-state index is 15.7. The summed E-state index contributed by atoms with van der Waals surface area (Å²) in [7, 11) is 3.76. The number of benzene rings is 5. The first-order valence-electron chi connectivity index (χ1n) is 44.2. The summed E-state index contributed by atoms with van der Waals surface area (Å²) in [5, 5.41) is 57.2. The average molecular weight is 1860 g/mol. The summed E-state index contributed by atoms with van der Waals surface area (Å²) in [5.74, 6) is -10.1. The highest BCUT2D eigenvalue weighted by atomic mass is 35.5. The van der Waals surface area contributed by atoms with Gasteiger partial charge in [0.15, 0.2) is 0 Å². The zero-order valence-corrected chi connectivity index (χ0v) is 76.7. The van der Waals surface area contributed by atoms with Gasteiger partial charge in [0, 0.05) is 111 Å². The number of anilines is 2. The van der Waals surface area contributed by atoms with Gasteiger partial charge in [0.1, 0.15) is 66.5 Å². The number of nitrogens with one attached hydrogen (secondary N) is 16. The number of hydrogen-bond acceptors (Lipinski definition) is 21. The second-order valence-corrected chi connectivity index (χ2v) is 36.8. The summed E-state index contributed by atoms with van der Waals surface area (Å²) in [5.41, 5.74) is 8.18. The molecule has 36 nitrogen and oxygen atoms in total. The first-order valence-corrected chi connectivity index (χ1v) is 46.9. The van der Waals surface area contributed by atoms with Crippen LogP contribution in [0.15, 0.2) is 140 Å². The molecule has 12 atom stereocenters. The van der Waals surface area contributed by atoms with Gasteiger partial charge < -0.3 is 95.5 Å². The third kappa shape index (κ3) is 34.2. The molecule has 0 aliphatic carbocycles. The number of primary amides is 1. The van der Waals surface area contributed by atoms with Crippen molar-refractivity contribution in [2.75, 3.05) is 49.2 Å². The number of carbonyl (C=O) groups is 16. The number of nitrogens with zero attached hydrogens (tertiary/aromatic N) is 2. The van der Waals surface area contributed by atoms with Gasteiger partial charge in [-0.05, 0) is 158 Å². The minimum Gasteiger partial charge on any atom is -0.394 e. The summed E-state index contributed by atoms with van der Waals surface area (Å²) in [6, 6.07) is 17.6. The van der Waals surface area contributed by atoms with Crippen molar-refractivity contribution in [3.8, 4) is 0 Å². The first-order chi connectivity index (χ1) is 62.7. The lowest BCUT2D eigenvalue weighted by Crippen LogP contribution is -2.62. The van der Waals surface area contributed by atoms with Crippen LogP contribution in [0.3, 0.4) is 0 Å². The number of unbranched alkanes of at least 4 members (excludes halogenated alkanes) is 2. The van der Waals surface area contributed by atoms with Gasteiger partial charge >= 0.3 is 12.1 Å². The highest BCUT2D eigenvalue weighted by Crippen LogP contribution is 2.40. The predicted molar refractivity (Wildman–Crippen MR) is 498 cm³/mol. The smallest absolute Gasteiger partial charge is 0.322 e. The topological polar surface area (TPSA) is 528 Å². The third-order valence-electron chi connectivity index (χ3n) is 22.1. The van der Waals surface area contributed by atoms with E-state index in [0.29, 0.717) is 64.8 Å². The number of urea groups is 2. The molecule has 3 saturated heterocycles. The van der Waals surface area contributed by atoms with Crippen molar-refractivity contribution >= 4 is 150 Å². The molecule has 3 aliphatic rings. The molecule has 2 unspecified atom stereocenters. The molecule has 0 spiro atoms. The van der Waals surface area contributed by atoms with Gasteiger partial charge in [-0.15, -0.1) is 0 Å². The van der Waals surface area contributed by atoms with E-state index >= 15 is 28.8 Å². The van der Waals surface area contributed by atoms with Crippen LogP contribution < -0.4 is 90.8 Å². The van der Waals surface area contributed by atoms with Crippen LogP contribution in [0.25, 0.3) is 10.8 Å². The number of aromatic nitrogens is 1. The number of aliphatic hydroxyl groups excluding tert-OH is 1. The Labute approximate surface area is 773 Å². The average Bonchev–Trinajstić information content (AvgIpc) is 0.850. The molecule has 3 fully saturated rings. The fraction of sp³-hybridized carbons (Fsp3) is 0.467. The quantitative estimate of drug-likeness (QED) is 0.0190. The summed E-state index contributed by atoms with van der Waals surface area (Å²) in [6.07, 6.45) is 7.17. The van der Waals surface area contributed by atoms with E-state index in [1.807, 2.05) is 77.9 Å². The highest BCUT2D eigenvalue weighted by molar-refractivity contribution is 8.77. The number of amides is 18. The maximum absolute atomic E-state index is 15.7. The molecule has 4 heterocycles. The summed E-state index contributed by atoms with van der Waals surface area (Å²) in [6.45, 7) is 9.99. The van der Waals surface area contributed by atoms with Crippen molar-refractivity contribution < 1.29 is 81.8 Å². The minimum absolute atomic E-state index is 0.00147. The molecule has 6 aromatic rings. The van der Waals surface area contributed by atoms with Gasteiger partial charge in [0.05, 0.1) is 13.0 Å². The Balaban J connectivity index is 1.01. The number of carbonyl (C=O) groups excluding carboxylic acids is 16. The lowest BCUT2D eigenvalue weighted by atomic mass is 9.99. The van der Waals surface area contributed by atoms with E-state index in [4.69, 9.17) is 17.3 Å². The lowest BCUT2D eigenvalue weighted by molar-refractivity contribution is -0.142. The third-order valence-corrected chi connectivity index (χ3v) is 25.3. The molecule has 131 heavy (non-hydrogen) atoms. The molecular weight excluding hydrogens is 1740 g/mol. The van der Waals surface area contributed by atoms with Crippen molar-refractivity contribution in [3.63, 3.8) is 0 Å². The lowest BCUT2D eigenvalue weighted by Gasteiger charge is -2.31. The van der Waals surface area contributed by atoms with Crippen molar-refractivity contribution in [1.82, 2.24) is 84.3 Å². The minimum atomic E-state index is -1.94. The van der Waals surface area contributed by atoms with E-state index in [0.717, 1.165) is 42.2 Å². The number of imide groups is 1. The second kappa shape index (κ2) is 52.0. The molecule has 1 aromatic heterocycles. The van der Waals surface area contributed by atoms with Crippen LogP contribution in [-0.2, 0) is 99.2 Å². The number of nitrogens with two attached hydrogens (primary N) is 1. The molecule has 39 heteroatoms. The van der Waals surface area contributed by atoms with Crippen LogP contribution in [0.1, 0.15) is 146 Å². The molecule has 19 N–H and O–H groups in total. The Kier molecular flexibility index (Phi) is 40.6. The Morgan fingerprint density at radius 2 is 1.08 bits per heavy atom. The Bertz CT molecular complexity index is 4940. The van der Waals surface area contributed by atoms with E-state index in [2.05, 4.69) is 90.1 Å². The molecule has 0 bridgehead atoms. The number of fused-ring (bicyclic) bond motifs is 1. The fourth-order valence-electron chi connectivity index (χ4n) is 15.1. The van der Waals surface area contributed by atoms with E-state index in [1.54, 1.807) is 62.4 Å². The molecule has 3 aliphatic heterocycles. The number of pyridine rings is 1. The molecule has 18 amide bonds. The van der Waals surface area contributed by atoms with Gasteiger partial charge in [-0.2, -0.15) is 0 Å².